The van der Waals surface area contributed by atoms with Gasteiger partial charge in [0, 0.05) is 90.2 Å². The van der Waals surface area contributed by atoms with Crippen LogP contribution in [-0.2, 0) is 83.0 Å². The Labute approximate surface area is 522 Å². The molecule has 2 saturated heterocycles. The average Bonchev–Trinajstić information content (AvgIpc) is 0.976. The first-order valence-electron chi connectivity index (χ1n) is 30.4. The first kappa shape index (κ1) is 70.6. The van der Waals surface area contributed by atoms with Crippen LogP contribution in [0.5, 0.6) is 0 Å². The first-order valence-corrected chi connectivity index (χ1v) is 30.4. The van der Waals surface area contributed by atoms with Crippen molar-refractivity contribution in [1.82, 2.24) is 50.4 Å². The number of hydrogen-bond acceptors (Lipinski definition) is 16. The van der Waals surface area contributed by atoms with E-state index < -0.39 is 71.5 Å². The van der Waals surface area contributed by atoms with Crippen LogP contribution in [0.25, 0.3) is 0 Å². The number of aromatic nitrogens is 4. The van der Waals surface area contributed by atoms with Crippen LogP contribution in [0.4, 0.5) is 40.1 Å². The molecule has 490 valence electrons. The zero-order chi connectivity index (χ0) is 65.7. The summed E-state index contributed by atoms with van der Waals surface area (Å²) in [4.78, 5) is 126. The van der Waals surface area contributed by atoms with Gasteiger partial charge in [0.15, 0.2) is 0 Å². The number of rotatable bonds is 32. The average molecular weight is 1260 g/mol. The second kappa shape index (κ2) is 33.3. The smallest absolute Gasteiger partial charge is 0.416 e. The number of benzene rings is 2. The zero-order valence-electron chi connectivity index (χ0n) is 52.3. The highest BCUT2D eigenvalue weighted by molar-refractivity contribution is 5.99. The lowest BCUT2D eigenvalue weighted by Gasteiger charge is -2.42. The van der Waals surface area contributed by atoms with Crippen LogP contribution in [0.1, 0.15) is 142 Å². The molecule has 2 aliphatic rings. The van der Waals surface area contributed by atoms with E-state index in [1.54, 1.807) is 68.2 Å². The Bertz CT molecular complexity index is 3150. The van der Waals surface area contributed by atoms with E-state index in [9.17, 15) is 56.3 Å². The number of likely N-dealkylation sites (N-methyl/N-ethyl adjacent to an activating group) is 1. The number of nitrogens with two attached hydrogens (primary N) is 1. The van der Waals surface area contributed by atoms with Crippen molar-refractivity contribution in [3.05, 3.63) is 94.1 Å². The van der Waals surface area contributed by atoms with Gasteiger partial charge in [-0.3, -0.25) is 43.4 Å². The summed E-state index contributed by atoms with van der Waals surface area (Å²) in [6.45, 7) is 8.14. The molecule has 7 N–H and O–H groups in total. The number of urea groups is 1. The number of carbonyl (C=O) groups excluding carboxylic acids is 9. The molecule has 28 heteroatoms. The molecule has 25 nitrogen and oxygen atoms in total. The standard InChI is InChI=1S/C62H85F3N14O11/c1-8-16-55(84)79(41(4)81)26-14-9-11-18-53(82)73-56(40(2)3)58(86)70-49(17-15-23-67-59(66)87)57(85)69-46-21-19-42(20-22-46)36-90-60(88)76(6)34-54(83)72-50-29-45(61(37-89-38-61)31-52-74-68-39-77(52)7)30-51(71-50)75(5)33-47-44(35-80)27-43(28-48(47)62(63,64)65)32-78-24-12-10-13-25-78/h19-22,27-30,35,39-40,49,56H,8-18,23-26,31-34,36-38H2,1-7H3,(H,69,85)(H,70,86)(H,73,82)(H3,66,67,87)(H,71,72,83). The predicted octanol–water partition coefficient (Wildman–Crippen LogP) is 6.13. The Kier molecular flexibility index (Phi) is 26.1. The number of nitrogens with one attached hydrogen (secondary N) is 5. The second-order valence-corrected chi connectivity index (χ2v) is 23.5. The van der Waals surface area contributed by atoms with Crippen molar-refractivity contribution in [1.29, 1.82) is 0 Å². The molecule has 90 heavy (non-hydrogen) atoms. The molecule has 2 aromatic heterocycles. The van der Waals surface area contributed by atoms with E-state index in [1.807, 2.05) is 6.92 Å². The Morgan fingerprint density at radius 2 is 1.60 bits per heavy atom. The maximum atomic E-state index is 14.9. The number of anilines is 3. The number of carbonyl (C=O) groups is 9. The van der Waals surface area contributed by atoms with Crippen LogP contribution in [0, 0.1) is 5.92 Å². The Morgan fingerprint density at radius 3 is 2.21 bits per heavy atom. The van der Waals surface area contributed by atoms with Crippen molar-refractivity contribution in [3.63, 3.8) is 0 Å². The number of pyridine rings is 1. The second-order valence-electron chi connectivity index (χ2n) is 23.5. The number of hydrogen-bond donors (Lipinski definition) is 6. The summed E-state index contributed by atoms with van der Waals surface area (Å²) in [5.74, 6) is -2.43. The fourth-order valence-corrected chi connectivity index (χ4v) is 10.6. The highest BCUT2D eigenvalue weighted by atomic mass is 19.4. The highest BCUT2D eigenvalue weighted by Gasteiger charge is 2.43. The van der Waals surface area contributed by atoms with Crippen molar-refractivity contribution in [2.24, 2.45) is 18.7 Å². The number of imide groups is 1. The Hall–Kier alpha value is -8.53. The first-order chi connectivity index (χ1) is 42.8. The van der Waals surface area contributed by atoms with Gasteiger partial charge in [0.2, 0.25) is 35.4 Å². The molecule has 2 aromatic carbocycles. The van der Waals surface area contributed by atoms with Gasteiger partial charge in [-0.2, -0.15) is 13.2 Å². The molecule has 2 aliphatic heterocycles. The number of piperidine rings is 1. The number of unbranched alkanes of at least 4 members (excludes halogenated alkanes) is 2. The highest BCUT2D eigenvalue weighted by Crippen LogP contribution is 2.40. The summed E-state index contributed by atoms with van der Waals surface area (Å²) in [5, 5.41) is 21.7. The molecule has 9 amide bonds. The van der Waals surface area contributed by atoms with E-state index in [2.05, 4.69) is 46.7 Å². The van der Waals surface area contributed by atoms with E-state index in [1.165, 1.54) is 36.9 Å². The van der Waals surface area contributed by atoms with Gasteiger partial charge in [0.1, 0.15) is 55.3 Å². The maximum Gasteiger partial charge on any atom is 0.416 e. The van der Waals surface area contributed by atoms with Gasteiger partial charge in [-0.05, 0) is 123 Å². The molecule has 0 aliphatic carbocycles. The molecular weight excluding hydrogens is 1170 g/mol. The molecule has 0 saturated carbocycles. The number of likely N-dealkylation sites (tertiary alicyclic amines) is 1. The topological polar surface area (TPSA) is 315 Å². The van der Waals surface area contributed by atoms with Crippen molar-refractivity contribution < 1.29 is 65.8 Å². The summed E-state index contributed by atoms with van der Waals surface area (Å²) in [5.41, 5.74) is 5.09. The summed E-state index contributed by atoms with van der Waals surface area (Å²) in [7, 11) is 4.67. The van der Waals surface area contributed by atoms with Gasteiger partial charge in [-0.25, -0.2) is 14.6 Å². The van der Waals surface area contributed by atoms with Crippen molar-refractivity contribution >= 4 is 71.2 Å². The molecule has 0 radical (unpaired) electrons. The lowest BCUT2D eigenvalue weighted by molar-refractivity contribution is -0.144. The molecule has 6 rings (SSSR count). The number of ether oxygens (including phenoxy) is 2. The van der Waals surface area contributed by atoms with E-state index in [0.29, 0.717) is 66.6 Å². The number of amides is 9. The van der Waals surface area contributed by atoms with Crippen LogP contribution in [0.3, 0.4) is 0 Å². The number of aldehydes is 1. The molecular formula is C62H85F3N14O11. The minimum absolute atomic E-state index is 0.0245. The Balaban J connectivity index is 1.07. The number of aryl methyl sites for hydroxylation is 1. The lowest BCUT2D eigenvalue weighted by atomic mass is 9.75. The van der Waals surface area contributed by atoms with Gasteiger partial charge in [0.05, 0.1) is 18.8 Å². The van der Waals surface area contributed by atoms with E-state index in [-0.39, 0.29) is 112 Å². The molecule has 2 fully saturated rings. The molecule has 0 bridgehead atoms. The molecule has 0 spiro atoms. The van der Waals surface area contributed by atoms with Crippen molar-refractivity contribution in [2.75, 3.05) is 75.6 Å². The zero-order valence-corrected chi connectivity index (χ0v) is 52.3. The number of halogens is 3. The maximum absolute atomic E-state index is 14.9. The van der Waals surface area contributed by atoms with Crippen LogP contribution in [-0.4, -0.2) is 160 Å². The fourth-order valence-electron chi connectivity index (χ4n) is 10.6. The molecule has 2 unspecified atom stereocenters. The monoisotopic (exact) mass is 1260 g/mol. The summed E-state index contributed by atoms with van der Waals surface area (Å²) < 4.78 is 57.8. The summed E-state index contributed by atoms with van der Waals surface area (Å²) in [6, 6.07) is 9.32. The SMILES string of the molecule is CCCC(=O)N(CCCCCC(=O)NC(C(=O)NC(CCCNC(N)=O)C(=O)Nc1ccc(COC(=O)N(C)CC(=O)Nc2cc(C3(Cc4nncn4C)COC3)cc(N(C)Cc3c(C=O)cc(CN4CCCCC4)cc3C(F)(F)F)n2)cc1)C(C)C)C(C)=O. The third kappa shape index (κ3) is 20.8. The van der Waals surface area contributed by atoms with E-state index >= 15 is 0 Å². The Morgan fingerprint density at radius 1 is 0.878 bits per heavy atom. The van der Waals surface area contributed by atoms with E-state index in [4.69, 9.17) is 15.2 Å². The largest absolute Gasteiger partial charge is 0.445 e. The summed E-state index contributed by atoms with van der Waals surface area (Å²) in [6.07, 6.45) is 2.39. The van der Waals surface area contributed by atoms with Gasteiger partial charge in [-0.1, -0.05) is 45.7 Å². The summed E-state index contributed by atoms with van der Waals surface area (Å²) >= 11 is 0. The van der Waals surface area contributed by atoms with Crippen LogP contribution in [0.15, 0.2) is 54.9 Å². The van der Waals surface area contributed by atoms with Crippen LogP contribution >= 0.6 is 0 Å². The number of nitrogens with zero attached hydrogens (tertiary/aromatic N) is 8. The lowest BCUT2D eigenvalue weighted by Crippen LogP contribution is -2.54. The minimum atomic E-state index is -4.79. The van der Waals surface area contributed by atoms with Crippen molar-refractivity contribution in [2.45, 2.75) is 148 Å². The quantitative estimate of drug-likeness (QED) is 0.0237. The third-order valence-electron chi connectivity index (χ3n) is 15.7. The van der Waals surface area contributed by atoms with Gasteiger partial charge in [-0.15, -0.1) is 10.2 Å². The fraction of sp³-hybridized carbons (Fsp3) is 0.548. The normalized spacial score (nSPS) is 14.5. The number of primary amides is 1. The van der Waals surface area contributed by atoms with E-state index in [0.717, 1.165) is 43.3 Å². The predicted molar refractivity (Wildman–Crippen MR) is 327 cm³/mol. The third-order valence-corrected chi connectivity index (χ3v) is 15.7. The van der Waals surface area contributed by atoms with Crippen LogP contribution in [0.2, 0.25) is 0 Å². The number of alkyl halides is 3. The molecule has 4 aromatic rings. The molecule has 2 atom stereocenters. The minimum Gasteiger partial charge on any atom is -0.445 e. The van der Waals surface area contributed by atoms with Crippen LogP contribution < -0.4 is 37.2 Å². The van der Waals surface area contributed by atoms with Gasteiger partial charge < -0.3 is 56.2 Å². The molecule has 4 heterocycles. The van der Waals surface area contributed by atoms with Crippen molar-refractivity contribution in [3.8, 4) is 0 Å². The van der Waals surface area contributed by atoms with Gasteiger partial charge >= 0.3 is 18.3 Å². The van der Waals surface area contributed by atoms with Gasteiger partial charge in [0.25, 0.3) is 0 Å².